The summed E-state index contributed by atoms with van der Waals surface area (Å²) in [7, 11) is 0. The van der Waals surface area contributed by atoms with Crippen molar-refractivity contribution >= 4 is 22.0 Å². The van der Waals surface area contributed by atoms with Crippen LogP contribution in [0.2, 0.25) is 0 Å². The molecule has 1 N–H and O–H groups in total. The van der Waals surface area contributed by atoms with E-state index in [1.807, 2.05) is 0 Å². The SMILES string of the molecule is O=C(O)N1CCC(F)(F)[C@@H](CBr)C1. The van der Waals surface area contributed by atoms with E-state index in [0.29, 0.717) is 0 Å². The molecule has 0 spiro atoms. The molecule has 3 nitrogen and oxygen atoms in total. The highest BCUT2D eigenvalue weighted by Gasteiger charge is 2.44. The van der Waals surface area contributed by atoms with Gasteiger partial charge in [0.05, 0.1) is 5.92 Å². The molecule has 1 aliphatic rings. The molecule has 13 heavy (non-hydrogen) atoms. The standard InChI is InChI=1S/C7H10BrF2NO2/c8-3-5-4-11(6(12)13)2-1-7(5,9)10/h5H,1-4H2,(H,12,13)/t5-/m0/s1. The first-order chi connectivity index (χ1) is 5.97. The number of hydrogen-bond acceptors (Lipinski definition) is 1. The minimum absolute atomic E-state index is 0.0775. The average Bonchev–Trinajstić information content (AvgIpc) is 2.03. The predicted molar refractivity (Wildman–Crippen MR) is 46.4 cm³/mol. The third-order valence-corrected chi connectivity index (χ3v) is 2.99. The van der Waals surface area contributed by atoms with E-state index in [1.54, 1.807) is 0 Å². The van der Waals surface area contributed by atoms with E-state index in [4.69, 9.17) is 5.11 Å². The van der Waals surface area contributed by atoms with E-state index >= 15 is 0 Å². The maximum atomic E-state index is 13.1. The summed E-state index contributed by atoms with van der Waals surface area (Å²) in [5.41, 5.74) is 0. The highest BCUT2D eigenvalue weighted by Crippen LogP contribution is 2.34. The molecule has 1 amide bonds. The molecule has 6 heteroatoms. The van der Waals surface area contributed by atoms with Crippen molar-refractivity contribution in [1.29, 1.82) is 0 Å². The van der Waals surface area contributed by atoms with Gasteiger partial charge in [0.15, 0.2) is 0 Å². The molecular formula is C7H10BrF2NO2. The van der Waals surface area contributed by atoms with E-state index in [1.165, 1.54) is 0 Å². The van der Waals surface area contributed by atoms with Crippen molar-refractivity contribution in [3.63, 3.8) is 0 Å². The van der Waals surface area contributed by atoms with Crippen molar-refractivity contribution in [1.82, 2.24) is 4.90 Å². The number of alkyl halides is 3. The highest BCUT2D eigenvalue weighted by molar-refractivity contribution is 9.09. The number of amides is 1. The van der Waals surface area contributed by atoms with Crippen LogP contribution in [0.15, 0.2) is 0 Å². The Hall–Kier alpha value is -0.390. The monoisotopic (exact) mass is 257 g/mol. The Labute approximate surface area is 82.8 Å². The van der Waals surface area contributed by atoms with Crippen LogP contribution in [-0.2, 0) is 0 Å². The van der Waals surface area contributed by atoms with Gasteiger partial charge in [-0.05, 0) is 0 Å². The molecule has 0 bridgehead atoms. The fourth-order valence-corrected chi connectivity index (χ4v) is 1.99. The van der Waals surface area contributed by atoms with Crippen LogP contribution in [0.4, 0.5) is 13.6 Å². The Balaban J connectivity index is 2.63. The van der Waals surface area contributed by atoms with Crippen LogP contribution < -0.4 is 0 Å². The van der Waals surface area contributed by atoms with Crippen LogP contribution in [-0.4, -0.2) is 40.4 Å². The Bertz CT molecular complexity index is 213. The summed E-state index contributed by atoms with van der Waals surface area (Å²) in [5, 5.41) is 8.72. The molecule has 1 atom stereocenters. The summed E-state index contributed by atoms with van der Waals surface area (Å²) in [5.74, 6) is -3.65. The first-order valence-electron chi connectivity index (χ1n) is 3.89. The number of piperidine rings is 1. The summed E-state index contributed by atoms with van der Waals surface area (Å²) in [6.45, 7) is -0.167. The first kappa shape index (κ1) is 10.7. The fourth-order valence-electron chi connectivity index (χ4n) is 1.31. The second kappa shape index (κ2) is 3.77. The molecule has 1 aliphatic heterocycles. The molecule has 0 aromatic heterocycles. The van der Waals surface area contributed by atoms with Crippen LogP contribution in [0, 0.1) is 5.92 Å². The third kappa shape index (κ3) is 2.30. The summed E-state index contributed by atoms with van der Waals surface area (Å²) >= 11 is 2.96. The molecule has 76 valence electrons. The lowest BCUT2D eigenvalue weighted by Crippen LogP contribution is -2.49. The molecule has 0 saturated carbocycles. The number of hydrogen-bond donors (Lipinski definition) is 1. The predicted octanol–water partition coefficient (Wildman–Crippen LogP) is 2.02. The highest BCUT2D eigenvalue weighted by atomic mass is 79.9. The van der Waals surface area contributed by atoms with E-state index in [-0.39, 0.29) is 24.8 Å². The molecule has 1 heterocycles. The second-order valence-corrected chi connectivity index (χ2v) is 3.74. The van der Waals surface area contributed by atoms with Gasteiger partial charge in [-0.15, -0.1) is 0 Å². The number of nitrogens with zero attached hydrogens (tertiary/aromatic N) is 1. The Morgan fingerprint density at radius 3 is 2.77 bits per heavy atom. The van der Waals surface area contributed by atoms with Crippen LogP contribution >= 0.6 is 15.9 Å². The van der Waals surface area contributed by atoms with E-state index in [9.17, 15) is 13.6 Å². The summed E-state index contributed by atoms with van der Waals surface area (Å²) in [6, 6.07) is 0. The summed E-state index contributed by atoms with van der Waals surface area (Å²) in [6.07, 6.45) is -1.50. The Morgan fingerprint density at radius 2 is 2.31 bits per heavy atom. The van der Waals surface area contributed by atoms with E-state index < -0.39 is 17.9 Å². The topological polar surface area (TPSA) is 40.5 Å². The van der Waals surface area contributed by atoms with Crippen molar-refractivity contribution in [2.45, 2.75) is 12.3 Å². The third-order valence-electron chi connectivity index (χ3n) is 2.21. The van der Waals surface area contributed by atoms with Gasteiger partial charge in [-0.2, -0.15) is 0 Å². The maximum Gasteiger partial charge on any atom is 0.407 e. The minimum Gasteiger partial charge on any atom is -0.465 e. The summed E-state index contributed by atoms with van der Waals surface area (Å²) < 4.78 is 26.1. The molecule has 0 aliphatic carbocycles. The molecule has 0 unspecified atom stereocenters. The lowest BCUT2D eigenvalue weighted by Gasteiger charge is -2.36. The van der Waals surface area contributed by atoms with Crippen LogP contribution in [0.25, 0.3) is 0 Å². The van der Waals surface area contributed by atoms with Gasteiger partial charge in [-0.3, -0.25) is 0 Å². The van der Waals surface area contributed by atoms with Gasteiger partial charge in [-0.25, -0.2) is 13.6 Å². The van der Waals surface area contributed by atoms with Gasteiger partial charge in [0.25, 0.3) is 5.92 Å². The van der Waals surface area contributed by atoms with Crippen molar-refractivity contribution in [2.24, 2.45) is 5.92 Å². The van der Waals surface area contributed by atoms with Gasteiger partial charge >= 0.3 is 6.09 Å². The van der Waals surface area contributed by atoms with Gasteiger partial charge in [0, 0.05) is 24.8 Å². The van der Waals surface area contributed by atoms with Crippen LogP contribution in [0.3, 0.4) is 0 Å². The molecule has 1 fully saturated rings. The molecule has 0 aromatic carbocycles. The lowest BCUT2D eigenvalue weighted by molar-refractivity contribution is -0.0911. The van der Waals surface area contributed by atoms with Crippen molar-refractivity contribution < 1.29 is 18.7 Å². The zero-order valence-corrected chi connectivity index (χ0v) is 8.43. The molecule has 0 radical (unpaired) electrons. The maximum absolute atomic E-state index is 13.1. The normalized spacial score (nSPS) is 27.3. The fraction of sp³-hybridized carbons (Fsp3) is 0.857. The van der Waals surface area contributed by atoms with Crippen LogP contribution in [0.5, 0.6) is 0 Å². The van der Waals surface area contributed by atoms with E-state index in [2.05, 4.69) is 15.9 Å². The second-order valence-electron chi connectivity index (χ2n) is 3.09. The van der Waals surface area contributed by atoms with E-state index in [0.717, 1.165) is 4.90 Å². The minimum atomic E-state index is -2.74. The largest absolute Gasteiger partial charge is 0.465 e. The lowest BCUT2D eigenvalue weighted by atomic mass is 9.96. The first-order valence-corrected chi connectivity index (χ1v) is 5.01. The van der Waals surface area contributed by atoms with Gasteiger partial charge in [0.1, 0.15) is 0 Å². The summed E-state index contributed by atoms with van der Waals surface area (Å²) in [4.78, 5) is 11.5. The molecule has 0 aromatic rings. The van der Waals surface area contributed by atoms with Crippen molar-refractivity contribution in [3.05, 3.63) is 0 Å². The van der Waals surface area contributed by atoms with Gasteiger partial charge in [-0.1, -0.05) is 15.9 Å². The molecular weight excluding hydrogens is 248 g/mol. The van der Waals surface area contributed by atoms with Gasteiger partial charge < -0.3 is 10.0 Å². The number of carboxylic acid groups (broad SMARTS) is 1. The smallest absolute Gasteiger partial charge is 0.407 e. The van der Waals surface area contributed by atoms with Gasteiger partial charge in [0.2, 0.25) is 0 Å². The number of likely N-dealkylation sites (tertiary alicyclic amines) is 1. The average molecular weight is 258 g/mol. The number of rotatable bonds is 1. The quantitative estimate of drug-likeness (QED) is 0.731. The Morgan fingerprint density at radius 1 is 1.69 bits per heavy atom. The zero-order chi connectivity index (χ0) is 10.1. The Kier molecular flexibility index (Phi) is 3.10. The van der Waals surface area contributed by atoms with Crippen LogP contribution in [0.1, 0.15) is 6.42 Å². The number of halogens is 3. The number of carbonyl (C=O) groups is 1. The van der Waals surface area contributed by atoms with Crippen molar-refractivity contribution in [3.8, 4) is 0 Å². The van der Waals surface area contributed by atoms with Crippen molar-refractivity contribution in [2.75, 3.05) is 18.4 Å². The zero-order valence-electron chi connectivity index (χ0n) is 6.84. The molecule has 1 rings (SSSR count). The molecule has 1 saturated heterocycles.